The van der Waals surface area contributed by atoms with E-state index in [-0.39, 0.29) is 12.4 Å². The first kappa shape index (κ1) is 19.2. The van der Waals surface area contributed by atoms with Gasteiger partial charge in [0.15, 0.2) is 6.61 Å². The summed E-state index contributed by atoms with van der Waals surface area (Å²) in [7, 11) is 0. The lowest BCUT2D eigenvalue weighted by Crippen LogP contribution is -2.20. The van der Waals surface area contributed by atoms with E-state index < -0.39 is 12.3 Å². The smallest absolute Gasteiger partial charge is 0.483 e. The Labute approximate surface area is 158 Å². The monoisotopic (exact) mass is 388 g/mol. The van der Waals surface area contributed by atoms with Crippen LogP contribution in [0.5, 0.6) is 11.5 Å². The zero-order valence-electron chi connectivity index (χ0n) is 14.4. The molecule has 28 heavy (non-hydrogen) atoms. The highest BCUT2D eigenvalue weighted by molar-refractivity contribution is 6.01. The SMILES string of the molecule is N=Cc1ccc(OCC(=O)Nc2ccc(OC(F)(F)F)cc2)c2ccccc12. The van der Waals surface area contributed by atoms with Crippen molar-refractivity contribution in [3.05, 3.63) is 66.2 Å². The zero-order valence-corrected chi connectivity index (χ0v) is 14.4. The molecule has 3 rings (SSSR count). The highest BCUT2D eigenvalue weighted by Gasteiger charge is 2.30. The van der Waals surface area contributed by atoms with Gasteiger partial charge in [-0.1, -0.05) is 24.3 Å². The number of carbonyl (C=O) groups excluding carboxylic acids is 1. The van der Waals surface area contributed by atoms with Crippen LogP contribution in [0.4, 0.5) is 18.9 Å². The molecule has 0 unspecified atom stereocenters. The van der Waals surface area contributed by atoms with Crippen molar-refractivity contribution in [2.24, 2.45) is 0 Å². The van der Waals surface area contributed by atoms with Gasteiger partial charge >= 0.3 is 6.36 Å². The number of hydrogen-bond donors (Lipinski definition) is 2. The number of ether oxygens (including phenoxy) is 2. The first-order valence-corrected chi connectivity index (χ1v) is 8.16. The average molecular weight is 388 g/mol. The number of alkyl halides is 3. The standard InChI is InChI=1S/C20H15F3N2O3/c21-20(22,23)28-15-8-6-14(7-9-15)25-19(26)12-27-18-10-5-13(11-24)16-3-1-2-4-17(16)18/h1-11,24H,12H2,(H,25,26). The summed E-state index contributed by atoms with van der Waals surface area (Å²) >= 11 is 0. The van der Waals surface area contributed by atoms with E-state index in [4.69, 9.17) is 10.1 Å². The Morgan fingerprint density at radius 3 is 2.32 bits per heavy atom. The predicted octanol–water partition coefficient (Wildman–Crippen LogP) is 4.75. The summed E-state index contributed by atoms with van der Waals surface area (Å²) in [5, 5.41) is 11.6. The molecule has 8 heteroatoms. The van der Waals surface area contributed by atoms with Gasteiger partial charge in [0.25, 0.3) is 5.91 Å². The summed E-state index contributed by atoms with van der Waals surface area (Å²) in [5.74, 6) is -0.352. The predicted molar refractivity (Wildman–Crippen MR) is 99.1 cm³/mol. The zero-order chi connectivity index (χ0) is 20.1. The van der Waals surface area contributed by atoms with Crippen molar-refractivity contribution in [1.82, 2.24) is 0 Å². The first-order chi connectivity index (χ1) is 13.4. The normalized spacial score (nSPS) is 11.1. The second-order valence-electron chi connectivity index (χ2n) is 5.75. The molecule has 3 aromatic carbocycles. The Kier molecular flexibility index (Phi) is 5.49. The van der Waals surface area contributed by atoms with E-state index in [0.717, 1.165) is 28.5 Å². The second-order valence-corrected chi connectivity index (χ2v) is 5.75. The summed E-state index contributed by atoms with van der Waals surface area (Å²) in [6.45, 7) is -0.283. The molecule has 0 radical (unpaired) electrons. The van der Waals surface area contributed by atoms with Crippen LogP contribution in [-0.4, -0.2) is 25.1 Å². The van der Waals surface area contributed by atoms with E-state index in [0.29, 0.717) is 11.4 Å². The van der Waals surface area contributed by atoms with Gasteiger partial charge < -0.3 is 20.2 Å². The van der Waals surface area contributed by atoms with Crippen LogP contribution in [0.25, 0.3) is 10.8 Å². The maximum absolute atomic E-state index is 12.2. The molecule has 0 saturated carbocycles. The number of rotatable bonds is 6. The number of halogens is 3. The lowest BCUT2D eigenvalue weighted by molar-refractivity contribution is -0.274. The Balaban J connectivity index is 1.63. The van der Waals surface area contributed by atoms with E-state index in [2.05, 4.69) is 10.1 Å². The molecular formula is C20H15F3N2O3. The molecule has 144 valence electrons. The molecule has 5 nitrogen and oxygen atoms in total. The Morgan fingerprint density at radius 2 is 1.68 bits per heavy atom. The quantitative estimate of drug-likeness (QED) is 0.599. The fourth-order valence-corrected chi connectivity index (χ4v) is 2.63. The van der Waals surface area contributed by atoms with E-state index in [1.807, 2.05) is 24.3 Å². The van der Waals surface area contributed by atoms with Crippen molar-refractivity contribution in [1.29, 1.82) is 5.41 Å². The molecule has 0 bridgehead atoms. The van der Waals surface area contributed by atoms with Crippen LogP contribution < -0.4 is 14.8 Å². The maximum atomic E-state index is 12.2. The average Bonchev–Trinajstić information content (AvgIpc) is 2.66. The second kappa shape index (κ2) is 7.99. The molecule has 0 aromatic heterocycles. The highest BCUT2D eigenvalue weighted by atomic mass is 19.4. The lowest BCUT2D eigenvalue weighted by atomic mass is 10.0. The number of nitrogens with one attached hydrogen (secondary N) is 2. The van der Waals surface area contributed by atoms with Crippen molar-refractivity contribution in [3.8, 4) is 11.5 Å². The summed E-state index contributed by atoms with van der Waals surface area (Å²) in [5.41, 5.74) is 1.04. The van der Waals surface area contributed by atoms with Crippen LogP contribution in [-0.2, 0) is 4.79 Å². The summed E-state index contributed by atoms with van der Waals surface area (Å²) < 4.78 is 45.8. The summed E-state index contributed by atoms with van der Waals surface area (Å²) in [4.78, 5) is 12.1. The topological polar surface area (TPSA) is 71.4 Å². The van der Waals surface area contributed by atoms with Crippen LogP contribution in [0, 0.1) is 5.41 Å². The van der Waals surface area contributed by atoms with Gasteiger partial charge in [0, 0.05) is 22.9 Å². The minimum absolute atomic E-state index is 0.283. The number of amides is 1. The van der Waals surface area contributed by atoms with Crippen molar-refractivity contribution < 1.29 is 27.4 Å². The highest BCUT2D eigenvalue weighted by Crippen LogP contribution is 2.28. The van der Waals surface area contributed by atoms with Crippen LogP contribution in [0.3, 0.4) is 0 Å². The Morgan fingerprint density at radius 1 is 1.00 bits per heavy atom. The molecule has 0 aliphatic carbocycles. The number of hydrogen-bond acceptors (Lipinski definition) is 4. The molecule has 0 aliphatic heterocycles. The molecule has 0 spiro atoms. The van der Waals surface area contributed by atoms with Gasteiger partial charge in [-0.15, -0.1) is 13.2 Å². The Bertz CT molecular complexity index is 1000. The van der Waals surface area contributed by atoms with Crippen molar-refractivity contribution in [2.45, 2.75) is 6.36 Å². The number of carbonyl (C=O) groups is 1. The molecule has 2 N–H and O–H groups in total. The third kappa shape index (κ3) is 4.79. The molecule has 0 heterocycles. The third-order valence-corrected chi connectivity index (χ3v) is 3.80. The molecular weight excluding hydrogens is 373 g/mol. The van der Waals surface area contributed by atoms with Gasteiger partial charge in [-0.25, -0.2) is 0 Å². The molecule has 0 fully saturated rings. The summed E-state index contributed by atoms with van der Waals surface area (Å²) in [6.07, 6.45) is -3.53. The largest absolute Gasteiger partial charge is 0.573 e. The molecule has 1 amide bonds. The van der Waals surface area contributed by atoms with Gasteiger partial charge in [-0.3, -0.25) is 4.79 Å². The minimum atomic E-state index is -4.77. The fourth-order valence-electron chi connectivity index (χ4n) is 2.63. The van der Waals surface area contributed by atoms with Crippen molar-refractivity contribution in [2.75, 3.05) is 11.9 Å². The van der Waals surface area contributed by atoms with Gasteiger partial charge in [0.2, 0.25) is 0 Å². The van der Waals surface area contributed by atoms with E-state index in [1.54, 1.807) is 12.1 Å². The van der Waals surface area contributed by atoms with Crippen molar-refractivity contribution >= 4 is 28.6 Å². The maximum Gasteiger partial charge on any atom is 0.573 e. The van der Waals surface area contributed by atoms with E-state index in [9.17, 15) is 18.0 Å². The van der Waals surface area contributed by atoms with Crippen LogP contribution in [0.2, 0.25) is 0 Å². The molecule has 3 aromatic rings. The van der Waals surface area contributed by atoms with Gasteiger partial charge in [0.1, 0.15) is 11.5 Å². The van der Waals surface area contributed by atoms with Crippen LogP contribution >= 0.6 is 0 Å². The van der Waals surface area contributed by atoms with E-state index >= 15 is 0 Å². The van der Waals surface area contributed by atoms with Gasteiger partial charge in [-0.05, 0) is 41.8 Å². The van der Waals surface area contributed by atoms with Crippen LogP contribution in [0.1, 0.15) is 5.56 Å². The van der Waals surface area contributed by atoms with E-state index in [1.165, 1.54) is 18.3 Å². The Hall–Kier alpha value is -3.55. The number of benzene rings is 3. The van der Waals surface area contributed by atoms with Crippen molar-refractivity contribution in [3.63, 3.8) is 0 Å². The molecule has 0 saturated heterocycles. The first-order valence-electron chi connectivity index (χ1n) is 8.16. The lowest BCUT2D eigenvalue weighted by Gasteiger charge is -2.12. The van der Waals surface area contributed by atoms with Gasteiger partial charge in [-0.2, -0.15) is 0 Å². The molecule has 0 aliphatic rings. The minimum Gasteiger partial charge on any atom is -0.483 e. The molecule has 0 atom stereocenters. The number of anilines is 1. The van der Waals surface area contributed by atoms with Gasteiger partial charge in [0.05, 0.1) is 0 Å². The fraction of sp³-hybridized carbons (Fsp3) is 0.100. The third-order valence-electron chi connectivity index (χ3n) is 3.80. The van der Waals surface area contributed by atoms with Crippen LogP contribution in [0.15, 0.2) is 60.7 Å². The summed E-state index contributed by atoms with van der Waals surface area (Å²) in [6, 6.07) is 15.6. The number of fused-ring (bicyclic) bond motifs is 1.